The zero-order valence-corrected chi connectivity index (χ0v) is 12.0. The lowest BCUT2D eigenvalue weighted by molar-refractivity contribution is 0.416. The lowest BCUT2D eigenvalue weighted by Gasteiger charge is -2.17. The fourth-order valence-corrected chi connectivity index (χ4v) is 2.75. The van der Waals surface area contributed by atoms with E-state index in [2.05, 4.69) is 36.3 Å². The topological polar surface area (TPSA) is 34.1 Å². The summed E-state index contributed by atoms with van der Waals surface area (Å²) < 4.78 is 5.40. The van der Waals surface area contributed by atoms with Crippen LogP contribution < -0.4 is 10.1 Å². The lowest BCUT2D eigenvalue weighted by Crippen LogP contribution is -2.07. The van der Waals surface area contributed by atoms with E-state index in [-0.39, 0.29) is 6.04 Å². The number of nitrogens with one attached hydrogen (secondary N) is 1. The Morgan fingerprint density at radius 2 is 2.11 bits per heavy atom. The molecule has 0 aliphatic rings. The standard InChI is InChI=1S/C14H18N2OS/c1-9-5-6-12(13(7-9)17-4)16-11(3)14-10(2)15-8-18-14/h5-8,11,16H,1-4H3. The van der Waals surface area contributed by atoms with Gasteiger partial charge >= 0.3 is 0 Å². The van der Waals surface area contributed by atoms with Gasteiger partial charge in [-0.3, -0.25) is 0 Å². The Morgan fingerprint density at radius 1 is 1.33 bits per heavy atom. The number of thiazole rings is 1. The van der Waals surface area contributed by atoms with Gasteiger partial charge in [-0.1, -0.05) is 6.07 Å². The molecule has 0 bridgehead atoms. The number of ether oxygens (including phenoxy) is 1. The van der Waals surface area contributed by atoms with Gasteiger partial charge in [0.2, 0.25) is 0 Å². The molecule has 0 saturated carbocycles. The SMILES string of the molecule is COc1cc(C)ccc1NC(C)c1scnc1C. The molecule has 1 heterocycles. The molecule has 1 N–H and O–H groups in total. The summed E-state index contributed by atoms with van der Waals surface area (Å²) >= 11 is 1.68. The number of aryl methyl sites for hydroxylation is 2. The summed E-state index contributed by atoms with van der Waals surface area (Å²) in [6.07, 6.45) is 0. The maximum Gasteiger partial charge on any atom is 0.142 e. The molecule has 1 unspecified atom stereocenters. The van der Waals surface area contributed by atoms with Gasteiger partial charge in [-0.25, -0.2) is 4.98 Å². The Bertz CT molecular complexity index is 536. The second-order valence-corrected chi connectivity index (χ2v) is 5.26. The summed E-state index contributed by atoms with van der Waals surface area (Å²) in [5.41, 5.74) is 5.18. The Balaban J connectivity index is 2.21. The predicted octanol–water partition coefficient (Wildman–Crippen LogP) is 3.94. The molecule has 2 rings (SSSR count). The summed E-state index contributed by atoms with van der Waals surface area (Å²) in [6.45, 7) is 6.24. The zero-order chi connectivity index (χ0) is 13.1. The number of hydrogen-bond donors (Lipinski definition) is 1. The Hall–Kier alpha value is -1.55. The number of methoxy groups -OCH3 is 1. The van der Waals surface area contributed by atoms with Gasteiger partial charge in [-0.05, 0) is 38.5 Å². The molecule has 0 spiro atoms. The van der Waals surface area contributed by atoms with E-state index in [0.29, 0.717) is 0 Å². The third-order valence-corrected chi connectivity index (χ3v) is 4.02. The average molecular weight is 262 g/mol. The first-order valence-corrected chi connectivity index (χ1v) is 6.81. The van der Waals surface area contributed by atoms with Gasteiger partial charge in [-0.15, -0.1) is 11.3 Å². The smallest absolute Gasteiger partial charge is 0.142 e. The van der Waals surface area contributed by atoms with Crippen molar-refractivity contribution in [2.75, 3.05) is 12.4 Å². The van der Waals surface area contributed by atoms with Gasteiger partial charge in [0.25, 0.3) is 0 Å². The molecule has 0 saturated heterocycles. The van der Waals surface area contributed by atoms with E-state index in [9.17, 15) is 0 Å². The number of benzene rings is 1. The molecule has 1 aromatic carbocycles. The van der Waals surface area contributed by atoms with E-state index in [0.717, 1.165) is 17.1 Å². The van der Waals surface area contributed by atoms with E-state index in [1.54, 1.807) is 18.4 Å². The largest absolute Gasteiger partial charge is 0.495 e. The molecule has 1 aromatic heterocycles. The van der Waals surface area contributed by atoms with Crippen molar-refractivity contribution in [3.63, 3.8) is 0 Å². The Kier molecular flexibility index (Phi) is 3.87. The summed E-state index contributed by atoms with van der Waals surface area (Å²) in [5.74, 6) is 0.879. The first kappa shape index (κ1) is 12.9. The Morgan fingerprint density at radius 3 is 2.72 bits per heavy atom. The molecular formula is C14H18N2OS. The third-order valence-electron chi connectivity index (χ3n) is 2.90. The molecular weight excluding hydrogens is 244 g/mol. The van der Waals surface area contributed by atoms with Crippen LogP contribution in [0.15, 0.2) is 23.7 Å². The van der Waals surface area contributed by atoms with E-state index < -0.39 is 0 Å². The second-order valence-electron chi connectivity index (χ2n) is 4.37. The molecule has 0 radical (unpaired) electrons. The maximum absolute atomic E-state index is 5.40. The van der Waals surface area contributed by atoms with Crippen molar-refractivity contribution in [3.8, 4) is 5.75 Å². The molecule has 4 heteroatoms. The fraction of sp³-hybridized carbons (Fsp3) is 0.357. The van der Waals surface area contributed by atoms with Gasteiger partial charge in [-0.2, -0.15) is 0 Å². The van der Waals surface area contributed by atoms with Gasteiger partial charge in [0, 0.05) is 4.88 Å². The predicted molar refractivity (Wildman–Crippen MR) is 76.6 cm³/mol. The lowest BCUT2D eigenvalue weighted by atomic mass is 10.1. The van der Waals surface area contributed by atoms with Crippen LogP contribution in [0.25, 0.3) is 0 Å². The first-order chi connectivity index (χ1) is 8.61. The van der Waals surface area contributed by atoms with Crippen molar-refractivity contribution < 1.29 is 4.74 Å². The van der Waals surface area contributed by atoms with Gasteiger partial charge < -0.3 is 10.1 Å². The zero-order valence-electron chi connectivity index (χ0n) is 11.2. The number of nitrogens with zero attached hydrogens (tertiary/aromatic N) is 1. The van der Waals surface area contributed by atoms with Gasteiger partial charge in [0.15, 0.2) is 0 Å². The normalized spacial score (nSPS) is 12.2. The summed E-state index contributed by atoms with van der Waals surface area (Å²) in [6, 6.07) is 6.40. The molecule has 1 atom stereocenters. The third kappa shape index (κ3) is 2.64. The number of hydrogen-bond acceptors (Lipinski definition) is 4. The molecule has 96 valence electrons. The number of rotatable bonds is 4. The fourth-order valence-electron chi connectivity index (χ4n) is 1.94. The highest BCUT2D eigenvalue weighted by Gasteiger charge is 2.12. The van der Waals surface area contributed by atoms with Crippen molar-refractivity contribution in [1.82, 2.24) is 4.98 Å². The first-order valence-electron chi connectivity index (χ1n) is 5.93. The maximum atomic E-state index is 5.40. The second kappa shape index (κ2) is 5.40. The van der Waals surface area contributed by atoms with Crippen LogP contribution in [0.1, 0.15) is 29.1 Å². The van der Waals surface area contributed by atoms with E-state index in [1.807, 2.05) is 18.5 Å². The van der Waals surface area contributed by atoms with Crippen LogP contribution in [0.4, 0.5) is 5.69 Å². The molecule has 0 amide bonds. The van der Waals surface area contributed by atoms with E-state index in [4.69, 9.17) is 4.74 Å². The number of aromatic nitrogens is 1. The molecule has 0 aliphatic carbocycles. The van der Waals surface area contributed by atoms with Crippen LogP contribution in [-0.4, -0.2) is 12.1 Å². The minimum atomic E-state index is 0.231. The van der Waals surface area contributed by atoms with Crippen LogP contribution in [0.3, 0.4) is 0 Å². The summed E-state index contributed by atoms with van der Waals surface area (Å²) in [7, 11) is 1.70. The van der Waals surface area contributed by atoms with Crippen LogP contribution in [-0.2, 0) is 0 Å². The number of anilines is 1. The van der Waals surface area contributed by atoms with Crippen LogP contribution in [0.5, 0.6) is 5.75 Å². The summed E-state index contributed by atoms with van der Waals surface area (Å²) in [5, 5.41) is 3.48. The van der Waals surface area contributed by atoms with Crippen LogP contribution in [0.2, 0.25) is 0 Å². The van der Waals surface area contributed by atoms with Crippen molar-refractivity contribution in [2.45, 2.75) is 26.8 Å². The highest BCUT2D eigenvalue weighted by Crippen LogP contribution is 2.31. The minimum absolute atomic E-state index is 0.231. The molecule has 3 nitrogen and oxygen atoms in total. The van der Waals surface area contributed by atoms with Crippen molar-refractivity contribution in [1.29, 1.82) is 0 Å². The van der Waals surface area contributed by atoms with Crippen molar-refractivity contribution >= 4 is 17.0 Å². The van der Waals surface area contributed by atoms with Crippen LogP contribution in [0, 0.1) is 13.8 Å². The van der Waals surface area contributed by atoms with Crippen molar-refractivity contribution in [2.24, 2.45) is 0 Å². The van der Waals surface area contributed by atoms with Gasteiger partial charge in [0.1, 0.15) is 5.75 Å². The van der Waals surface area contributed by atoms with E-state index >= 15 is 0 Å². The Labute approximate surface area is 112 Å². The monoisotopic (exact) mass is 262 g/mol. The highest BCUT2D eigenvalue weighted by molar-refractivity contribution is 7.09. The molecule has 0 aliphatic heterocycles. The molecule has 2 aromatic rings. The minimum Gasteiger partial charge on any atom is -0.495 e. The average Bonchev–Trinajstić information content (AvgIpc) is 2.77. The molecule has 0 fully saturated rings. The highest BCUT2D eigenvalue weighted by atomic mass is 32.1. The quantitative estimate of drug-likeness (QED) is 0.906. The summed E-state index contributed by atoms with van der Waals surface area (Å²) in [4.78, 5) is 5.54. The van der Waals surface area contributed by atoms with Gasteiger partial charge in [0.05, 0.1) is 30.0 Å². The molecule has 18 heavy (non-hydrogen) atoms. The van der Waals surface area contributed by atoms with Crippen molar-refractivity contribution in [3.05, 3.63) is 39.8 Å². The van der Waals surface area contributed by atoms with E-state index in [1.165, 1.54) is 10.4 Å². The van der Waals surface area contributed by atoms with Crippen LogP contribution >= 0.6 is 11.3 Å².